The lowest BCUT2D eigenvalue weighted by atomic mass is 10.3. The van der Waals surface area contributed by atoms with Crippen LogP contribution in [0.4, 0.5) is 0 Å². The molecule has 50 valence electrons. The van der Waals surface area contributed by atoms with Crippen molar-refractivity contribution in [3.63, 3.8) is 0 Å². The van der Waals surface area contributed by atoms with E-state index in [0.29, 0.717) is 0 Å². The summed E-state index contributed by atoms with van der Waals surface area (Å²) in [6.45, 7) is 0. The third kappa shape index (κ3) is 1.22. The molecule has 0 amide bonds. The number of ether oxygens (including phenoxy) is 2. The highest BCUT2D eigenvalue weighted by Gasteiger charge is 2.16. The lowest BCUT2D eigenvalue weighted by Crippen LogP contribution is -2.19. The fourth-order valence-corrected chi connectivity index (χ4v) is 0.685. The first kappa shape index (κ1) is 6.13. The van der Waals surface area contributed by atoms with E-state index in [9.17, 15) is 0 Å². The quantitative estimate of drug-likeness (QED) is 0.420. The highest BCUT2D eigenvalue weighted by molar-refractivity contribution is 5.78. The van der Waals surface area contributed by atoms with Gasteiger partial charge in [0.25, 0.3) is 0 Å². The van der Waals surface area contributed by atoms with Crippen LogP contribution in [-0.2, 0) is 9.47 Å². The Balaban J connectivity index is 2.36. The Hall–Kier alpha value is -0.990. The number of hydrogen-bond acceptors (Lipinski definition) is 3. The van der Waals surface area contributed by atoms with Crippen LogP contribution in [0.2, 0.25) is 0 Å². The number of nitrogens with one attached hydrogen (secondary N) is 1. The van der Waals surface area contributed by atoms with Gasteiger partial charge in [-0.1, -0.05) is 0 Å². The average Bonchev–Trinajstić information content (AvgIpc) is 2.37. The van der Waals surface area contributed by atoms with Gasteiger partial charge in [-0.15, -0.1) is 0 Å². The minimum Gasteiger partial charge on any atom is -0.488 e. The Morgan fingerprint density at radius 3 is 3.11 bits per heavy atom. The van der Waals surface area contributed by atoms with Crippen molar-refractivity contribution in [2.24, 2.45) is 0 Å². The second-order valence-electron chi connectivity index (χ2n) is 1.80. The van der Waals surface area contributed by atoms with Crippen molar-refractivity contribution in [2.45, 2.75) is 12.5 Å². The molecule has 0 saturated carbocycles. The molecule has 0 aromatic carbocycles. The first-order valence-corrected chi connectivity index (χ1v) is 2.77. The van der Waals surface area contributed by atoms with Crippen LogP contribution in [0.3, 0.4) is 0 Å². The molecular weight excluding hydrogens is 118 g/mol. The predicted molar refractivity (Wildman–Crippen MR) is 33.4 cm³/mol. The molecule has 1 aliphatic rings. The van der Waals surface area contributed by atoms with Gasteiger partial charge in [-0.25, -0.2) is 0 Å². The fourth-order valence-electron chi connectivity index (χ4n) is 0.685. The molecule has 0 fully saturated rings. The van der Waals surface area contributed by atoms with E-state index >= 15 is 0 Å². The minimum absolute atomic E-state index is 0.171. The lowest BCUT2D eigenvalue weighted by Gasteiger charge is -2.08. The first-order valence-electron chi connectivity index (χ1n) is 2.77. The maximum atomic E-state index is 7.15. The zero-order chi connectivity index (χ0) is 6.69. The van der Waals surface area contributed by atoms with Crippen molar-refractivity contribution in [3.05, 3.63) is 12.3 Å². The molecule has 3 nitrogen and oxygen atoms in total. The SMILES string of the molecule is COC(=N)C1CC=CO1. The standard InChI is InChI=1S/C6H9NO2/c1-8-6(7)5-3-2-4-9-5/h2,4-5,7H,3H2,1H3. The Bertz CT molecular complexity index is 134. The van der Waals surface area contributed by atoms with Gasteiger partial charge in [-0.3, -0.25) is 5.41 Å². The molecule has 3 heteroatoms. The van der Waals surface area contributed by atoms with E-state index in [1.165, 1.54) is 7.11 Å². The molecule has 0 aliphatic carbocycles. The fraction of sp³-hybridized carbons (Fsp3) is 0.500. The van der Waals surface area contributed by atoms with Crippen molar-refractivity contribution < 1.29 is 9.47 Å². The number of rotatable bonds is 1. The summed E-state index contributed by atoms with van der Waals surface area (Å²) < 4.78 is 9.63. The molecule has 1 rings (SSSR count). The summed E-state index contributed by atoms with van der Waals surface area (Å²) in [5, 5.41) is 7.15. The molecule has 1 atom stereocenters. The summed E-state index contributed by atoms with van der Waals surface area (Å²) in [5.41, 5.74) is 0. The number of hydrogen-bond donors (Lipinski definition) is 1. The first-order chi connectivity index (χ1) is 4.34. The third-order valence-electron chi connectivity index (χ3n) is 1.20. The molecule has 0 spiro atoms. The predicted octanol–water partition coefficient (Wildman–Crippen LogP) is 0.913. The van der Waals surface area contributed by atoms with Crippen molar-refractivity contribution in [1.29, 1.82) is 5.41 Å². The molecule has 1 aliphatic heterocycles. The van der Waals surface area contributed by atoms with Crippen molar-refractivity contribution in [2.75, 3.05) is 7.11 Å². The largest absolute Gasteiger partial charge is 0.488 e. The van der Waals surface area contributed by atoms with Gasteiger partial charge < -0.3 is 9.47 Å². The normalized spacial score (nSPS) is 23.4. The molecule has 0 aromatic rings. The van der Waals surface area contributed by atoms with E-state index in [1.54, 1.807) is 6.26 Å². The van der Waals surface area contributed by atoms with Crippen molar-refractivity contribution in [3.8, 4) is 0 Å². The van der Waals surface area contributed by atoms with Crippen molar-refractivity contribution in [1.82, 2.24) is 0 Å². The Kier molecular flexibility index (Phi) is 1.72. The van der Waals surface area contributed by atoms with Crippen LogP contribution in [0.5, 0.6) is 0 Å². The van der Waals surface area contributed by atoms with Crippen LogP contribution in [0.1, 0.15) is 6.42 Å². The second-order valence-corrected chi connectivity index (χ2v) is 1.80. The zero-order valence-electron chi connectivity index (χ0n) is 5.26. The van der Waals surface area contributed by atoms with Crippen LogP contribution in [0.25, 0.3) is 0 Å². The molecule has 0 radical (unpaired) electrons. The topological polar surface area (TPSA) is 42.3 Å². The van der Waals surface area contributed by atoms with Crippen molar-refractivity contribution >= 4 is 5.90 Å². The molecule has 1 heterocycles. The lowest BCUT2D eigenvalue weighted by molar-refractivity contribution is 0.196. The van der Waals surface area contributed by atoms with Gasteiger partial charge in [0.1, 0.15) is 0 Å². The summed E-state index contributed by atoms with van der Waals surface area (Å²) >= 11 is 0. The molecule has 0 aromatic heterocycles. The Morgan fingerprint density at radius 1 is 1.89 bits per heavy atom. The van der Waals surface area contributed by atoms with Gasteiger partial charge in [0.05, 0.1) is 13.4 Å². The van der Waals surface area contributed by atoms with Gasteiger partial charge in [0.15, 0.2) is 6.10 Å². The van der Waals surface area contributed by atoms with Gasteiger partial charge in [0, 0.05) is 6.42 Å². The second kappa shape index (κ2) is 2.53. The van der Waals surface area contributed by atoms with E-state index in [2.05, 4.69) is 4.74 Å². The maximum absolute atomic E-state index is 7.15. The molecule has 9 heavy (non-hydrogen) atoms. The Labute approximate surface area is 53.8 Å². The average molecular weight is 127 g/mol. The van der Waals surface area contributed by atoms with Gasteiger partial charge in [0.2, 0.25) is 5.90 Å². The summed E-state index contributed by atoms with van der Waals surface area (Å²) in [6, 6.07) is 0. The summed E-state index contributed by atoms with van der Waals surface area (Å²) in [6.07, 6.45) is 4.05. The van der Waals surface area contributed by atoms with E-state index in [0.717, 1.165) is 6.42 Å². The highest BCUT2D eigenvalue weighted by Crippen LogP contribution is 2.09. The molecule has 0 saturated heterocycles. The van der Waals surface area contributed by atoms with E-state index in [1.807, 2.05) is 6.08 Å². The number of methoxy groups -OCH3 is 1. The molecule has 1 unspecified atom stereocenters. The van der Waals surface area contributed by atoms with Crippen LogP contribution in [-0.4, -0.2) is 19.1 Å². The summed E-state index contributed by atoms with van der Waals surface area (Å²) in [7, 11) is 1.48. The van der Waals surface area contributed by atoms with Crippen LogP contribution in [0.15, 0.2) is 12.3 Å². The van der Waals surface area contributed by atoms with E-state index in [4.69, 9.17) is 10.1 Å². The van der Waals surface area contributed by atoms with Crippen LogP contribution in [0, 0.1) is 5.41 Å². The van der Waals surface area contributed by atoms with Crippen LogP contribution < -0.4 is 0 Å². The zero-order valence-corrected chi connectivity index (χ0v) is 5.26. The molecular formula is C6H9NO2. The third-order valence-corrected chi connectivity index (χ3v) is 1.20. The Morgan fingerprint density at radius 2 is 2.67 bits per heavy atom. The summed E-state index contributed by atoms with van der Waals surface area (Å²) in [5.74, 6) is 0.194. The van der Waals surface area contributed by atoms with E-state index in [-0.39, 0.29) is 12.0 Å². The van der Waals surface area contributed by atoms with Gasteiger partial charge >= 0.3 is 0 Å². The monoisotopic (exact) mass is 127 g/mol. The minimum atomic E-state index is -0.171. The summed E-state index contributed by atoms with van der Waals surface area (Å²) in [4.78, 5) is 0. The molecule has 1 N–H and O–H groups in total. The maximum Gasteiger partial charge on any atom is 0.222 e. The molecule has 0 bridgehead atoms. The highest BCUT2D eigenvalue weighted by atomic mass is 16.5. The smallest absolute Gasteiger partial charge is 0.222 e. The van der Waals surface area contributed by atoms with Gasteiger partial charge in [-0.05, 0) is 6.08 Å². The van der Waals surface area contributed by atoms with Crippen LogP contribution >= 0.6 is 0 Å². The van der Waals surface area contributed by atoms with E-state index < -0.39 is 0 Å². The van der Waals surface area contributed by atoms with Gasteiger partial charge in [-0.2, -0.15) is 0 Å².